The fourth-order valence-corrected chi connectivity index (χ4v) is 5.10. The second-order valence-corrected chi connectivity index (χ2v) is 11.2. The Morgan fingerprint density at radius 2 is 1.08 bits per heavy atom. The number of carbonyl (C=O) groups is 3. The second kappa shape index (κ2) is 12.7. The number of ketones is 1. The number of fused-ring (bicyclic) bond motifs is 2. The van der Waals surface area contributed by atoms with Gasteiger partial charge in [0.2, 0.25) is 11.8 Å². The van der Waals surface area contributed by atoms with Crippen LogP contribution < -0.4 is 10.6 Å². The largest absolute Gasteiger partial charge is 0.493 e. The predicted octanol–water partition coefficient (Wildman–Crippen LogP) is 7.02. The highest BCUT2D eigenvalue weighted by molar-refractivity contribution is 6.31. The summed E-state index contributed by atoms with van der Waals surface area (Å²) in [5.41, 5.74) is -0.0914. The highest BCUT2D eigenvalue weighted by Gasteiger charge is 2.40. The fourth-order valence-electron chi connectivity index (χ4n) is 4.85. The number of nitrogens with zero attached hydrogens (tertiary/aromatic N) is 10. The number of aromatic hydroxyl groups is 2. The average Bonchev–Trinajstić information content (AvgIpc) is 3.84. The first-order chi connectivity index (χ1) is 24.0. The summed E-state index contributed by atoms with van der Waals surface area (Å²) in [6.45, 7) is 0. The molecule has 50 heavy (non-hydrogen) atoms. The maximum absolute atomic E-state index is 14.0. The van der Waals surface area contributed by atoms with E-state index in [0.717, 1.165) is 21.3 Å². The molecule has 4 heterocycles. The molecule has 248 valence electrons. The number of anilines is 2. The molecule has 3 aromatic carbocycles. The molecular weight excluding hydrogens is 698 g/mol. The summed E-state index contributed by atoms with van der Waals surface area (Å²) in [5, 5.41) is 44.0. The third-order valence-electron chi connectivity index (χ3n) is 7.11. The van der Waals surface area contributed by atoms with Crippen molar-refractivity contribution in [1.82, 2.24) is 19.1 Å². The number of aliphatic imine (C=N–C) groups is 2. The monoisotopic (exact) mass is 714 g/mol. The molecule has 2 aromatic heterocycles. The zero-order chi connectivity index (χ0) is 35.1. The smallest absolute Gasteiger partial charge is 0.348 e. The molecule has 2 aliphatic rings. The van der Waals surface area contributed by atoms with Crippen LogP contribution in [0.1, 0.15) is 27.7 Å². The molecule has 5 aromatic rings. The summed E-state index contributed by atoms with van der Waals surface area (Å²) in [6, 6.07) is 15.1. The van der Waals surface area contributed by atoms with Gasteiger partial charge in [0.25, 0.3) is 23.8 Å². The third kappa shape index (κ3) is 6.06. The Morgan fingerprint density at radius 1 is 0.660 bits per heavy atom. The number of aromatic nitrogens is 4. The molecule has 0 aliphatic carbocycles. The SMILES string of the molecule is O=C(N=C1N=Nc2nc(C(C(=O)c3ccc(F)cc3)c3nc4n(c3O)C(=NC(=O)Nc3ccc(Cl)cc3)N=N4)c(O)n21)Nc1ccc(Cl)cc1. The number of Topliss-reactive ketones (excluding diaryl/α,β-unsaturated/α-hetero) is 1. The van der Waals surface area contributed by atoms with E-state index in [2.05, 4.69) is 51.0 Å². The molecule has 20 heteroatoms. The maximum Gasteiger partial charge on any atom is 0.348 e. The van der Waals surface area contributed by atoms with Gasteiger partial charge in [-0.05, 0) is 72.8 Å². The Labute approximate surface area is 288 Å². The molecule has 0 radical (unpaired) electrons. The Morgan fingerprint density at radius 3 is 1.50 bits per heavy atom. The van der Waals surface area contributed by atoms with Crippen LogP contribution in [0.2, 0.25) is 10.0 Å². The van der Waals surface area contributed by atoms with Crippen LogP contribution in [0.4, 0.5) is 37.3 Å². The van der Waals surface area contributed by atoms with Crippen LogP contribution in [-0.2, 0) is 0 Å². The van der Waals surface area contributed by atoms with Gasteiger partial charge in [-0.1, -0.05) is 23.2 Å². The van der Waals surface area contributed by atoms with Gasteiger partial charge in [-0.15, -0.1) is 20.5 Å². The second-order valence-electron chi connectivity index (χ2n) is 10.3. The van der Waals surface area contributed by atoms with E-state index in [4.69, 9.17) is 23.2 Å². The van der Waals surface area contributed by atoms with Crippen LogP contribution in [0.5, 0.6) is 11.8 Å². The lowest BCUT2D eigenvalue weighted by atomic mass is 9.91. The van der Waals surface area contributed by atoms with E-state index in [-0.39, 0.29) is 28.8 Å². The van der Waals surface area contributed by atoms with Crippen LogP contribution in [0.15, 0.2) is 103 Å². The highest BCUT2D eigenvalue weighted by atomic mass is 35.5. The van der Waals surface area contributed by atoms with Crippen LogP contribution in [0.25, 0.3) is 0 Å². The van der Waals surface area contributed by atoms with Gasteiger partial charge in [0.15, 0.2) is 5.78 Å². The van der Waals surface area contributed by atoms with Crippen molar-refractivity contribution >= 4 is 76.2 Å². The Balaban J connectivity index is 1.25. The molecule has 0 unspecified atom stereocenters. The minimum absolute atomic E-state index is 0.0489. The normalized spacial score (nSPS) is 14.9. The number of amides is 4. The van der Waals surface area contributed by atoms with Gasteiger partial charge in [-0.2, -0.15) is 9.98 Å². The number of benzene rings is 3. The number of nitrogens with one attached hydrogen (secondary N) is 2. The molecule has 4 N–H and O–H groups in total. The summed E-state index contributed by atoms with van der Waals surface area (Å²) in [7, 11) is 0. The first-order valence-electron chi connectivity index (χ1n) is 14.1. The third-order valence-corrected chi connectivity index (χ3v) is 7.62. The van der Waals surface area contributed by atoms with Crippen molar-refractivity contribution < 1.29 is 29.0 Å². The molecular formula is C30H17Cl2FN12O5. The Kier molecular flexibility index (Phi) is 8.14. The lowest BCUT2D eigenvalue weighted by molar-refractivity contribution is 0.0968. The molecule has 17 nitrogen and oxygen atoms in total. The van der Waals surface area contributed by atoms with Gasteiger partial charge in [0, 0.05) is 27.0 Å². The average molecular weight is 715 g/mol. The van der Waals surface area contributed by atoms with Crippen LogP contribution >= 0.6 is 23.2 Å². The minimum Gasteiger partial charge on any atom is -0.493 e. The number of halogens is 3. The molecule has 0 fully saturated rings. The van der Waals surface area contributed by atoms with E-state index in [0.29, 0.717) is 21.4 Å². The first-order valence-corrected chi connectivity index (χ1v) is 14.9. The van der Waals surface area contributed by atoms with Crippen molar-refractivity contribution in [1.29, 1.82) is 0 Å². The van der Waals surface area contributed by atoms with Gasteiger partial charge in [-0.3, -0.25) is 4.79 Å². The van der Waals surface area contributed by atoms with Crippen LogP contribution in [-0.4, -0.2) is 59.1 Å². The van der Waals surface area contributed by atoms with E-state index in [1.54, 1.807) is 24.3 Å². The molecule has 7 rings (SSSR count). The Hall–Kier alpha value is -6.66. The van der Waals surface area contributed by atoms with E-state index in [1.165, 1.54) is 36.4 Å². The molecule has 0 atom stereocenters. The number of azo groups is 2. The molecule has 0 saturated heterocycles. The predicted molar refractivity (Wildman–Crippen MR) is 176 cm³/mol. The summed E-state index contributed by atoms with van der Waals surface area (Å²) >= 11 is 11.8. The number of urea groups is 2. The number of carbonyl (C=O) groups excluding carboxylic acids is 3. The number of rotatable bonds is 6. The van der Waals surface area contributed by atoms with Crippen molar-refractivity contribution in [3.63, 3.8) is 0 Å². The quantitative estimate of drug-likeness (QED) is 0.134. The summed E-state index contributed by atoms with van der Waals surface area (Å²) in [6.07, 6.45) is 0. The lowest BCUT2D eigenvalue weighted by Crippen LogP contribution is -2.17. The standard InChI is InChI=1S/C30H17Cl2FN12O5/c31-14-3-9-17(10-4-14)34-29(49)38-27-42-40-25-36-20(23(47)44(25)27)19(22(46)13-1-7-16(33)8-2-13)21-24(48)45-26(37-21)41-43-28(45)39-30(50)35-18-11-5-15(32)6-12-18/h1-12,19,47-48H,(H,34,49)(H,35,50). The zero-order valence-corrected chi connectivity index (χ0v) is 26.2. The molecule has 0 bridgehead atoms. The van der Waals surface area contributed by atoms with Crippen molar-refractivity contribution in [2.24, 2.45) is 30.4 Å². The number of hydrogen-bond donors (Lipinski definition) is 4. The van der Waals surface area contributed by atoms with E-state index < -0.39 is 53.3 Å². The van der Waals surface area contributed by atoms with Gasteiger partial charge in [-0.25, -0.2) is 33.1 Å². The van der Waals surface area contributed by atoms with Crippen LogP contribution in [0, 0.1) is 5.82 Å². The fraction of sp³-hybridized carbons (Fsp3) is 0.0333. The van der Waals surface area contributed by atoms with Gasteiger partial charge in [0.05, 0.1) is 0 Å². The summed E-state index contributed by atoms with van der Waals surface area (Å²) < 4.78 is 15.6. The number of hydrogen-bond acceptors (Lipinski definition) is 9. The van der Waals surface area contributed by atoms with Gasteiger partial charge in [0.1, 0.15) is 23.1 Å². The van der Waals surface area contributed by atoms with Gasteiger partial charge < -0.3 is 20.8 Å². The molecule has 4 amide bonds. The number of imidazole rings is 2. The van der Waals surface area contributed by atoms with Gasteiger partial charge >= 0.3 is 12.1 Å². The topological polar surface area (TPSA) is 226 Å². The van der Waals surface area contributed by atoms with Crippen molar-refractivity contribution in [3.05, 3.63) is 106 Å². The lowest BCUT2D eigenvalue weighted by Gasteiger charge is -2.13. The van der Waals surface area contributed by atoms with Crippen LogP contribution in [0.3, 0.4) is 0 Å². The molecule has 0 saturated carbocycles. The zero-order valence-electron chi connectivity index (χ0n) is 24.7. The van der Waals surface area contributed by atoms with E-state index in [9.17, 15) is 29.0 Å². The first kappa shape index (κ1) is 31.9. The summed E-state index contributed by atoms with van der Waals surface area (Å²) in [4.78, 5) is 55.5. The van der Waals surface area contributed by atoms with Crippen molar-refractivity contribution in [2.45, 2.75) is 5.92 Å². The maximum atomic E-state index is 14.0. The highest BCUT2D eigenvalue weighted by Crippen LogP contribution is 2.43. The molecule has 0 spiro atoms. The van der Waals surface area contributed by atoms with E-state index in [1.807, 2.05) is 0 Å². The van der Waals surface area contributed by atoms with Crippen molar-refractivity contribution in [2.75, 3.05) is 10.6 Å². The van der Waals surface area contributed by atoms with E-state index >= 15 is 0 Å². The Bertz CT molecular complexity index is 2200. The molecule has 2 aliphatic heterocycles. The van der Waals surface area contributed by atoms with Crippen molar-refractivity contribution in [3.8, 4) is 11.8 Å². The minimum atomic E-state index is -1.68. The summed E-state index contributed by atoms with van der Waals surface area (Å²) in [5.74, 6) is -5.89.